The quantitative estimate of drug-likeness (QED) is 0.0505. The summed E-state index contributed by atoms with van der Waals surface area (Å²) >= 11 is 0. The number of benzene rings is 2. The molecule has 13 heteroatoms. The van der Waals surface area contributed by atoms with E-state index >= 15 is 0 Å². The molecule has 0 spiro atoms. The highest BCUT2D eigenvalue weighted by Gasteiger charge is 2.44. The van der Waals surface area contributed by atoms with E-state index < -0.39 is 26.4 Å². The molecule has 0 atom stereocenters. The van der Waals surface area contributed by atoms with Crippen LogP contribution in [-0.4, -0.2) is 63.0 Å². The van der Waals surface area contributed by atoms with Gasteiger partial charge in [0.1, 0.15) is 27.7 Å². The fraction of sp³-hybridized carbons (Fsp3) is 0.447. The maximum Gasteiger partial charge on any atom is 0.327 e. The lowest BCUT2D eigenvalue weighted by Crippen LogP contribution is -2.36. The van der Waals surface area contributed by atoms with Crippen molar-refractivity contribution in [3.8, 4) is 5.75 Å². The van der Waals surface area contributed by atoms with Gasteiger partial charge in [-0.05, 0) is 135 Å². The van der Waals surface area contributed by atoms with E-state index in [2.05, 4.69) is 101 Å². The molecule has 0 bridgehead atoms. The smallest absolute Gasteiger partial charge is 0.327 e. The Morgan fingerprint density at radius 3 is 2.40 bits per heavy atom. The number of aryl methyl sites for hydroxylation is 2. The molecular weight excluding hydrogens is 799 g/mol. The van der Waals surface area contributed by atoms with Crippen LogP contribution in [0.2, 0.25) is 0 Å². The lowest BCUT2D eigenvalue weighted by Gasteiger charge is -2.27. The number of fused-ring (bicyclic) bond motifs is 2. The minimum Gasteiger partial charge on any atom is -0.494 e. The molecular formula is C47H62N3O8S2+. The number of hydrogen-bond acceptors (Lipinski definition) is 9. The van der Waals surface area contributed by atoms with Crippen LogP contribution in [0.15, 0.2) is 106 Å². The number of aliphatic hydroxyl groups excluding tert-OH is 1. The number of pyridine rings is 1. The Morgan fingerprint density at radius 2 is 1.68 bits per heavy atom. The summed E-state index contributed by atoms with van der Waals surface area (Å²) in [6.07, 6.45) is 16.3. The van der Waals surface area contributed by atoms with E-state index in [1.54, 1.807) is 12.3 Å². The highest BCUT2D eigenvalue weighted by Crippen LogP contribution is 2.50. The topological polar surface area (TPSA) is 164 Å². The summed E-state index contributed by atoms with van der Waals surface area (Å²) in [7, 11) is -8.05. The van der Waals surface area contributed by atoms with Gasteiger partial charge in [0.25, 0.3) is 10.1 Å². The number of aromatic nitrogens is 1. The number of allylic oxidation sites excluding steroid dienone is 8. The van der Waals surface area contributed by atoms with Gasteiger partial charge in [-0.1, -0.05) is 69.2 Å². The van der Waals surface area contributed by atoms with E-state index in [9.17, 15) is 31.7 Å². The largest absolute Gasteiger partial charge is 0.494 e. The van der Waals surface area contributed by atoms with Gasteiger partial charge in [-0.3, -0.25) is 4.55 Å². The maximum absolute atomic E-state index is 11.7. The number of anilines is 1. The lowest BCUT2D eigenvalue weighted by molar-refractivity contribution is -0.686. The molecule has 324 valence electrons. The van der Waals surface area contributed by atoms with E-state index in [-0.39, 0.29) is 29.1 Å². The van der Waals surface area contributed by atoms with Crippen LogP contribution in [0.4, 0.5) is 11.5 Å². The zero-order valence-electron chi connectivity index (χ0n) is 35.8. The number of nitrogens with zero attached hydrogens (tertiary/aromatic N) is 3. The number of ether oxygens (including phenoxy) is 1. The molecule has 5 N–H and O–H groups in total. The summed E-state index contributed by atoms with van der Waals surface area (Å²) in [6.45, 7) is 14.4. The van der Waals surface area contributed by atoms with Crippen LogP contribution in [0.5, 0.6) is 5.75 Å². The molecule has 3 heterocycles. The molecule has 3 aromatic rings. The van der Waals surface area contributed by atoms with Gasteiger partial charge in [0.05, 0.1) is 29.9 Å². The minimum absolute atomic E-state index is 0.0751. The van der Waals surface area contributed by atoms with Crippen molar-refractivity contribution in [3.63, 3.8) is 0 Å². The summed E-state index contributed by atoms with van der Waals surface area (Å²) in [5, 5.41) is 9.30. The van der Waals surface area contributed by atoms with Gasteiger partial charge in [0.15, 0.2) is 5.71 Å². The average Bonchev–Trinajstić information content (AvgIpc) is 3.56. The van der Waals surface area contributed by atoms with Crippen molar-refractivity contribution >= 4 is 43.8 Å². The van der Waals surface area contributed by atoms with Gasteiger partial charge >= 0.3 is 5.82 Å². The zero-order chi connectivity index (χ0) is 43.5. The summed E-state index contributed by atoms with van der Waals surface area (Å²) in [5.41, 5.74) is 9.46. The van der Waals surface area contributed by atoms with Crippen molar-refractivity contribution in [2.45, 2.75) is 115 Å². The zero-order valence-corrected chi connectivity index (χ0v) is 37.4. The Morgan fingerprint density at radius 1 is 0.900 bits per heavy atom. The third-order valence-corrected chi connectivity index (χ3v) is 13.5. The monoisotopic (exact) mass is 860 g/mol. The predicted octanol–water partition coefficient (Wildman–Crippen LogP) is 10.3. The Hall–Kier alpha value is -4.08. The van der Waals surface area contributed by atoms with E-state index in [4.69, 9.17) is 9.73 Å². The molecule has 2 aromatic carbocycles. The molecule has 0 fully saturated rings. The van der Waals surface area contributed by atoms with Gasteiger partial charge < -0.3 is 28.4 Å². The number of rotatable bonds is 17. The maximum atomic E-state index is 11.7. The highest BCUT2D eigenvalue weighted by molar-refractivity contribution is 8.19. The number of aliphatic hydroxyl groups is 1. The van der Waals surface area contributed by atoms with Gasteiger partial charge in [-0.15, -0.1) is 0 Å². The summed E-state index contributed by atoms with van der Waals surface area (Å²) in [6, 6.07) is 16.2. The molecule has 1 aliphatic carbocycles. The number of hydrogen-bond donors (Lipinski definition) is 5. The van der Waals surface area contributed by atoms with Crippen LogP contribution in [0, 0.1) is 6.92 Å². The van der Waals surface area contributed by atoms with Gasteiger partial charge in [-0.25, -0.2) is 4.57 Å². The normalized spacial score (nSPS) is 19.1. The van der Waals surface area contributed by atoms with Crippen LogP contribution in [0.3, 0.4) is 0 Å². The number of unbranched alkanes of at least 4 members (excludes halogenated alkanes) is 2. The van der Waals surface area contributed by atoms with Crippen molar-refractivity contribution in [1.29, 1.82) is 0 Å². The van der Waals surface area contributed by atoms with Gasteiger partial charge in [0.2, 0.25) is 0 Å². The van der Waals surface area contributed by atoms with E-state index in [1.165, 1.54) is 5.56 Å². The summed E-state index contributed by atoms with van der Waals surface area (Å²) in [5.74, 6) is 1.17. The lowest BCUT2D eigenvalue weighted by atomic mass is 9.80. The Kier molecular flexibility index (Phi) is 14.0. The Labute approximate surface area is 357 Å². The van der Waals surface area contributed by atoms with Crippen molar-refractivity contribution < 1.29 is 41.0 Å². The van der Waals surface area contributed by atoms with Crippen LogP contribution < -0.4 is 14.2 Å². The highest BCUT2D eigenvalue weighted by atomic mass is 32.3. The van der Waals surface area contributed by atoms with Gasteiger partial charge in [0, 0.05) is 30.0 Å². The first-order valence-corrected chi connectivity index (χ1v) is 24.1. The standard InChI is InChI=1S/C47H61N3O8S2/c1-7-8-24-49-32-38(60(55,56)57)31-40-45(49)48-42(46(40,3)4)22-19-34-14-11-15-35(44(34)36-16-12-17-37(30-36)58-27-10-9-26-51)20-23-43-47(5,6)39-29-33(2)18-21-41(39)50(43)25-13-28-59(52,53)54/h12,16-23,29-32,51H,7-11,13-15,24-28H2,1-6H3,(H3-,52,53,54,55,56,57)/p+1. The second-order valence-electron chi connectivity index (χ2n) is 17.2. The molecule has 0 saturated carbocycles. The summed E-state index contributed by atoms with van der Waals surface area (Å²) < 4.78 is 71.9. The SMILES string of the molecule is CCCC[n+]1cc(S(O)(O)O)cc2c1N=C(/C=C/C1=C(c3cccc(OCCCCO)c3)C(=C/C=C3/N(CCCS(=O)(=O)O)c4ccc(C)cc4C3(C)C)/CCC1)C2(C)C. The molecule has 60 heavy (non-hydrogen) atoms. The number of aliphatic imine (C=N–C) groups is 1. The molecule has 0 amide bonds. The molecule has 0 saturated heterocycles. The van der Waals surface area contributed by atoms with Crippen LogP contribution in [-0.2, 0) is 27.5 Å². The average molecular weight is 861 g/mol. The Balaban J connectivity index is 1.45. The Bertz CT molecular complexity index is 2350. The van der Waals surface area contributed by atoms with Crippen LogP contribution >= 0.6 is 10.9 Å². The molecule has 3 aliphatic rings. The van der Waals surface area contributed by atoms with Crippen LogP contribution in [0.1, 0.15) is 108 Å². The first-order chi connectivity index (χ1) is 28.3. The van der Waals surface area contributed by atoms with Gasteiger partial charge in [-0.2, -0.15) is 8.42 Å². The molecule has 1 aromatic heterocycles. The molecule has 2 aliphatic heterocycles. The second kappa shape index (κ2) is 18.5. The van der Waals surface area contributed by atoms with Crippen molar-refractivity contribution in [2.24, 2.45) is 4.99 Å². The fourth-order valence-corrected chi connectivity index (χ4v) is 9.59. The van der Waals surface area contributed by atoms with Crippen molar-refractivity contribution in [2.75, 3.05) is 30.4 Å². The van der Waals surface area contributed by atoms with Crippen molar-refractivity contribution in [3.05, 3.63) is 118 Å². The predicted molar refractivity (Wildman–Crippen MR) is 242 cm³/mol. The molecule has 0 unspecified atom stereocenters. The third-order valence-electron chi connectivity index (χ3n) is 11.9. The van der Waals surface area contributed by atoms with Crippen LogP contribution in [0.25, 0.3) is 5.57 Å². The summed E-state index contributed by atoms with van der Waals surface area (Å²) in [4.78, 5) is 7.40. The van der Waals surface area contributed by atoms with E-state index in [1.807, 2.05) is 16.7 Å². The third kappa shape index (κ3) is 10.2. The van der Waals surface area contributed by atoms with E-state index in [0.717, 1.165) is 101 Å². The minimum atomic E-state index is -4.11. The molecule has 0 radical (unpaired) electrons. The fourth-order valence-electron chi connectivity index (χ4n) is 8.55. The molecule has 11 nitrogen and oxygen atoms in total. The van der Waals surface area contributed by atoms with E-state index in [0.29, 0.717) is 26.1 Å². The molecule has 6 rings (SSSR count). The first kappa shape index (κ1) is 45.4. The first-order valence-electron chi connectivity index (χ1n) is 21.0. The van der Waals surface area contributed by atoms with Crippen molar-refractivity contribution in [1.82, 2.24) is 0 Å². The second-order valence-corrected chi connectivity index (χ2v) is 20.3.